The van der Waals surface area contributed by atoms with Crippen LogP contribution >= 0.6 is 23.2 Å². The summed E-state index contributed by atoms with van der Waals surface area (Å²) < 4.78 is 0. The zero-order valence-corrected chi connectivity index (χ0v) is 18.0. The standard InChI is InChI=1S/2C8H15ClO2.Ca/c2*1-2-7(9)5-3-4-6-8(10)11;/h2*7H,2-6H2,1H3,(H,10,11);/q;;+2/p-2. The number of carbonyl (C=O) groups excluding carboxylic acids is 2. The second kappa shape index (κ2) is 20.8. The van der Waals surface area contributed by atoms with Crippen LogP contribution < -0.4 is 10.2 Å². The molecule has 0 N–H and O–H groups in total. The molecule has 0 aliphatic heterocycles. The van der Waals surface area contributed by atoms with Crippen LogP contribution in [0.1, 0.15) is 78.1 Å². The van der Waals surface area contributed by atoms with Crippen molar-refractivity contribution in [3.8, 4) is 0 Å². The second-order valence-electron chi connectivity index (χ2n) is 5.25. The van der Waals surface area contributed by atoms with E-state index in [2.05, 4.69) is 0 Å². The van der Waals surface area contributed by atoms with Gasteiger partial charge in [-0.1, -0.05) is 26.7 Å². The molecule has 132 valence electrons. The molecule has 0 saturated carbocycles. The summed E-state index contributed by atoms with van der Waals surface area (Å²) in [6.45, 7) is 4.05. The maximum Gasteiger partial charge on any atom is 2.00 e. The number of halogens is 2. The minimum atomic E-state index is -0.965. The molecule has 0 saturated heterocycles. The first kappa shape index (κ1) is 28.6. The van der Waals surface area contributed by atoms with E-state index in [9.17, 15) is 19.8 Å². The molecule has 0 fully saturated rings. The molecule has 23 heavy (non-hydrogen) atoms. The molecule has 7 heteroatoms. The van der Waals surface area contributed by atoms with Crippen molar-refractivity contribution in [2.45, 2.75) is 88.8 Å². The van der Waals surface area contributed by atoms with Crippen LogP contribution in [0.2, 0.25) is 0 Å². The van der Waals surface area contributed by atoms with E-state index in [1.54, 1.807) is 0 Å². The quantitative estimate of drug-likeness (QED) is 0.288. The molecule has 0 aromatic heterocycles. The third-order valence-electron chi connectivity index (χ3n) is 3.18. The Morgan fingerprint density at radius 1 is 0.783 bits per heavy atom. The van der Waals surface area contributed by atoms with E-state index in [-0.39, 0.29) is 61.3 Å². The Morgan fingerprint density at radius 3 is 1.30 bits per heavy atom. The number of unbranched alkanes of at least 4 members (excludes halogenated alkanes) is 2. The molecule has 2 unspecified atom stereocenters. The van der Waals surface area contributed by atoms with Gasteiger partial charge in [-0.05, 0) is 51.4 Å². The van der Waals surface area contributed by atoms with Crippen LogP contribution in [0, 0.1) is 0 Å². The average Bonchev–Trinajstić information content (AvgIpc) is 2.47. The molecule has 0 spiro atoms. The van der Waals surface area contributed by atoms with Crippen molar-refractivity contribution < 1.29 is 19.8 Å². The van der Waals surface area contributed by atoms with Gasteiger partial charge in [0.1, 0.15) is 0 Å². The summed E-state index contributed by atoms with van der Waals surface area (Å²) in [5.74, 6) is -1.93. The van der Waals surface area contributed by atoms with Crippen molar-refractivity contribution in [1.29, 1.82) is 0 Å². The molecule has 0 amide bonds. The van der Waals surface area contributed by atoms with Gasteiger partial charge < -0.3 is 19.8 Å². The van der Waals surface area contributed by atoms with Crippen LogP contribution in [0.4, 0.5) is 0 Å². The Hall–Kier alpha value is 0.780. The zero-order valence-electron chi connectivity index (χ0n) is 14.3. The molecule has 4 nitrogen and oxygen atoms in total. The Kier molecular flexibility index (Phi) is 25.9. The summed E-state index contributed by atoms with van der Waals surface area (Å²) in [5, 5.41) is 20.3. The third-order valence-corrected chi connectivity index (χ3v) is 4.24. The maximum absolute atomic E-state index is 9.97. The number of alkyl halides is 2. The number of carbonyl (C=O) groups is 2. The smallest absolute Gasteiger partial charge is 0.550 e. The number of carboxylic acids is 2. The van der Waals surface area contributed by atoms with Crippen LogP contribution in [0.25, 0.3) is 0 Å². The number of rotatable bonds is 12. The predicted octanol–water partition coefficient (Wildman–Crippen LogP) is 2.25. The first-order chi connectivity index (χ1) is 10.3. The molecular weight excluding hydrogens is 367 g/mol. The summed E-state index contributed by atoms with van der Waals surface area (Å²) in [7, 11) is 0. The molecule has 0 aromatic carbocycles. The van der Waals surface area contributed by atoms with E-state index in [4.69, 9.17) is 23.2 Å². The Morgan fingerprint density at radius 2 is 1.09 bits per heavy atom. The van der Waals surface area contributed by atoms with E-state index >= 15 is 0 Å². The van der Waals surface area contributed by atoms with Gasteiger partial charge in [0.2, 0.25) is 0 Å². The van der Waals surface area contributed by atoms with E-state index < -0.39 is 11.9 Å². The predicted molar refractivity (Wildman–Crippen MR) is 92.6 cm³/mol. The maximum atomic E-state index is 9.97. The van der Waals surface area contributed by atoms with Crippen LogP contribution in [0.3, 0.4) is 0 Å². The molecular formula is C16H28CaCl2O4. The third kappa shape index (κ3) is 27.9. The molecule has 0 bridgehead atoms. The van der Waals surface area contributed by atoms with Gasteiger partial charge in [-0.2, -0.15) is 0 Å². The number of aliphatic carboxylic acids is 2. The Balaban J connectivity index is -0.000000333. The monoisotopic (exact) mass is 394 g/mol. The van der Waals surface area contributed by atoms with Crippen LogP contribution in [-0.2, 0) is 9.59 Å². The summed E-state index contributed by atoms with van der Waals surface area (Å²) in [6.07, 6.45) is 7.18. The molecule has 2 atom stereocenters. The van der Waals surface area contributed by atoms with Crippen LogP contribution in [0.5, 0.6) is 0 Å². The minimum absolute atomic E-state index is 0. The first-order valence-corrected chi connectivity index (χ1v) is 8.88. The van der Waals surface area contributed by atoms with Crippen molar-refractivity contribution >= 4 is 72.9 Å². The van der Waals surface area contributed by atoms with Gasteiger partial charge >= 0.3 is 37.7 Å². The van der Waals surface area contributed by atoms with Crippen LogP contribution in [0.15, 0.2) is 0 Å². The molecule has 0 radical (unpaired) electrons. The van der Waals surface area contributed by atoms with Gasteiger partial charge in [-0.3, -0.25) is 0 Å². The summed E-state index contributed by atoms with van der Waals surface area (Å²) in [5.41, 5.74) is 0. The summed E-state index contributed by atoms with van der Waals surface area (Å²) in [4.78, 5) is 19.9. The Bertz CT molecular complexity index is 263. The fourth-order valence-corrected chi connectivity index (χ4v) is 1.99. The average molecular weight is 395 g/mol. The molecule has 0 aliphatic carbocycles. The zero-order chi connectivity index (χ0) is 17.4. The molecule has 0 heterocycles. The topological polar surface area (TPSA) is 80.3 Å². The van der Waals surface area contributed by atoms with E-state index in [1.165, 1.54) is 0 Å². The first-order valence-electron chi connectivity index (χ1n) is 8.01. The number of hydrogen-bond acceptors (Lipinski definition) is 4. The van der Waals surface area contributed by atoms with Gasteiger partial charge in [0, 0.05) is 22.7 Å². The van der Waals surface area contributed by atoms with Gasteiger partial charge in [0.05, 0.1) is 0 Å². The van der Waals surface area contributed by atoms with Crippen molar-refractivity contribution in [2.24, 2.45) is 0 Å². The van der Waals surface area contributed by atoms with Crippen LogP contribution in [-0.4, -0.2) is 60.4 Å². The van der Waals surface area contributed by atoms with Gasteiger partial charge in [0.25, 0.3) is 0 Å². The molecule has 0 rings (SSSR count). The van der Waals surface area contributed by atoms with Crippen molar-refractivity contribution in [1.82, 2.24) is 0 Å². The Labute approximate surface area is 180 Å². The SMILES string of the molecule is CCC(Cl)CCCCC(=O)[O-].CCC(Cl)CCCCC(=O)[O-].[Ca+2]. The van der Waals surface area contributed by atoms with E-state index in [0.717, 1.165) is 38.5 Å². The fraction of sp³-hybridized carbons (Fsp3) is 0.875. The molecule has 0 aliphatic rings. The fourth-order valence-electron chi connectivity index (χ4n) is 1.68. The normalized spacial score (nSPS) is 12.3. The second-order valence-corrected chi connectivity index (χ2v) is 6.48. The number of carboxylic acid groups (broad SMARTS) is 2. The summed E-state index contributed by atoms with van der Waals surface area (Å²) >= 11 is 11.6. The van der Waals surface area contributed by atoms with E-state index in [0.29, 0.717) is 12.8 Å². The number of hydrogen-bond donors (Lipinski definition) is 0. The van der Waals surface area contributed by atoms with Crippen molar-refractivity contribution in [3.05, 3.63) is 0 Å². The minimum Gasteiger partial charge on any atom is -0.550 e. The van der Waals surface area contributed by atoms with Crippen molar-refractivity contribution in [2.75, 3.05) is 0 Å². The van der Waals surface area contributed by atoms with E-state index in [1.807, 2.05) is 13.8 Å². The van der Waals surface area contributed by atoms with Gasteiger partial charge in [-0.15, -0.1) is 23.2 Å². The molecule has 0 aromatic rings. The largest absolute Gasteiger partial charge is 2.00 e. The van der Waals surface area contributed by atoms with Gasteiger partial charge in [-0.25, -0.2) is 0 Å². The van der Waals surface area contributed by atoms with Gasteiger partial charge in [0.15, 0.2) is 0 Å². The van der Waals surface area contributed by atoms with Crippen molar-refractivity contribution in [3.63, 3.8) is 0 Å². The summed E-state index contributed by atoms with van der Waals surface area (Å²) in [6, 6.07) is 0.